The molecule has 0 spiro atoms. The fraction of sp³-hybridized carbons (Fsp3) is 0. The number of amidine groups is 1. The third-order valence-corrected chi connectivity index (χ3v) is 2.91. The lowest BCUT2D eigenvalue weighted by atomic mass is 10.2. The molecular weight excluding hydrogens is 267 g/mol. The molecule has 4 nitrogen and oxygen atoms in total. The standard InChI is InChI=1S/C13H8ClFN4/c14-9-5-7-10(8-6-9)19-13(16-17-18-19)11-3-1-2-4-12(11)15/h1-8H/q+1. The van der Waals surface area contributed by atoms with Crippen LogP contribution in [0.5, 0.6) is 0 Å². The normalized spacial score (nSPS) is 14.7. The van der Waals surface area contributed by atoms with Crippen molar-refractivity contribution < 1.29 is 4.39 Å². The summed E-state index contributed by atoms with van der Waals surface area (Å²) in [5.41, 5.74) is 1.06. The fourth-order valence-electron chi connectivity index (χ4n) is 1.75. The highest BCUT2D eigenvalue weighted by molar-refractivity contribution is 6.30. The summed E-state index contributed by atoms with van der Waals surface area (Å²) >= 11 is 5.83. The van der Waals surface area contributed by atoms with Crippen LogP contribution < -0.4 is 5.01 Å². The molecule has 0 amide bonds. The van der Waals surface area contributed by atoms with E-state index in [0.29, 0.717) is 22.1 Å². The summed E-state index contributed by atoms with van der Waals surface area (Å²) in [4.78, 5) is 0. The zero-order chi connectivity index (χ0) is 13.2. The quantitative estimate of drug-likeness (QED) is 0.743. The van der Waals surface area contributed by atoms with Gasteiger partial charge in [-0.3, -0.25) is 0 Å². The van der Waals surface area contributed by atoms with Crippen molar-refractivity contribution in [3.63, 3.8) is 0 Å². The van der Waals surface area contributed by atoms with Gasteiger partial charge in [0.05, 0.1) is 5.01 Å². The molecule has 0 saturated carbocycles. The third kappa shape index (κ3) is 2.25. The van der Waals surface area contributed by atoms with E-state index in [0.717, 1.165) is 0 Å². The first-order chi connectivity index (χ1) is 9.25. The van der Waals surface area contributed by atoms with Gasteiger partial charge in [0.2, 0.25) is 5.69 Å². The number of halogens is 2. The highest BCUT2D eigenvalue weighted by Crippen LogP contribution is 2.24. The molecule has 0 fully saturated rings. The Balaban J connectivity index is 2.00. The van der Waals surface area contributed by atoms with Crippen LogP contribution in [0.25, 0.3) is 0 Å². The molecule has 1 radical (unpaired) electrons. The Morgan fingerprint density at radius 2 is 1.74 bits per heavy atom. The van der Waals surface area contributed by atoms with Gasteiger partial charge in [-0.15, -0.1) is 0 Å². The van der Waals surface area contributed by atoms with Gasteiger partial charge in [-0.2, -0.15) is 0 Å². The zero-order valence-electron chi connectivity index (χ0n) is 9.66. The van der Waals surface area contributed by atoms with Crippen molar-refractivity contribution in [2.45, 2.75) is 0 Å². The summed E-state index contributed by atoms with van der Waals surface area (Å²) < 4.78 is 13.8. The molecule has 3 rings (SSSR count). The molecule has 0 saturated heterocycles. The third-order valence-electron chi connectivity index (χ3n) is 2.66. The van der Waals surface area contributed by atoms with Crippen molar-refractivity contribution >= 4 is 23.1 Å². The van der Waals surface area contributed by atoms with Gasteiger partial charge in [-0.25, -0.2) is 4.39 Å². The number of rotatable bonds is 2. The van der Waals surface area contributed by atoms with Crippen molar-refractivity contribution in [1.82, 2.24) is 5.01 Å². The van der Waals surface area contributed by atoms with E-state index in [4.69, 9.17) is 11.6 Å². The maximum atomic E-state index is 13.8. The molecule has 0 unspecified atom stereocenters. The van der Waals surface area contributed by atoms with Crippen molar-refractivity contribution in [3.05, 3.63) is 64.9 Å². The van der Waals surface area contributed by atoms with E-state index in [2.05, 4.69) is 15.5 Å². The second-order valence-electron chi connectivity index (χ2n) is 3.87. The summed E-state index contributed by atoms with van der Waals surface area (Å²) in [5, 5.41) is 13.4. The van der Waals surface area contributed by atoms with Crippen LogP contribution in [-0.2, 0) is 0 Å². The van der Waals surface area contributed by atoms with Gasteiger partial charge < -0.3 is 0 Å². The number of anilines is 1. The van der Waals surface area contributed by atoms with Crippen LogP contribution in [0.2, 0.25) is 5.02 Å². The number of benzene rings is 2. The van der Waals surface area contributed by atoms with Gasteiger partial charge >= 0.3 is 5.84 Å². The molecule has 1 heterocycles. The van der Waals surface area contributed by atoms with E-state index in [1.54, 1.807) is 42.5 Å². The average molecular weight is 275 g/mol. The van der Waals surface area contributed by atoms with E-state index >= 15 is 0 Å². The number of nitrogens with zero attached hydrogens (tertiary/aromatic N) is 4. The summed E-state index contributed by atoms with van der Waals surface area (Å²) in [6.45, 7) is 0. The summed E-state index contributed by atoms with van der Waals surface area (Å²) in [6, 6.07) is 13.3. The van der Waals surface area contributed by atoms with Crippen molar-refractivity contribution in [1.29, 1.82) is 0 Å². The molecule has 1 aliphatic heterocycles. The van der Waals surface area contributed by atoms with E-state index in [9.17, 15) is 4.39 Å². The first kappa shape index (κ1) is 12.0. The highest BCUT2D eigenvalue weighted by Gasteiger charge is 2.36. The van der Waals surface area contributed by atoms with E-state index in [1.807, 2.05) is 0 Å². The van der Waals surface area contributed by atoms with Crippen molar-refractivity contribution in [2.24, 2.45) is 15.5 Å². The maximum absolute atomic E-state index is 13.8. The Morgan fingerprint density at radius 1 is 1.00 bits per heavy atom. The smallest absolute Gasteiger partial charge is 0.206 e. The van der Waals surface area contributed by atoms with Gasteiger partial charge in [0.15, 0.2) is 0 Å². The number of hydrogen-bond acceptors (Lipinski definition) is 4. The fourth-order valence-corrected chi connectivity index (χ4v) is 1.88. The minimum absolute atomic E-state index is 0.348. The van der Waals surface area contributed by atoms with Crippen molar-refractivity contribution in [3.8, 4) is 0 Å². The van der Waals surface area contributed by atoms with Crippen LogP contribution in [0.1, 0.15) is 5.56 Å². The molecule has 0 bridgehead atoms. The molecule has 19 heavy (non-hydrogen) atoms. The lowest BCUT2D eigenvalue weighted by molar-refractivity contribution is 0.622. The van der Waals surface area contributed by atoms with E-state index in [-0.39, 0.29) is 5.82 Å². The molecule has 0 atom stereocenters. The van der Waals surface area contributed by atoms with Gasteiger partial charge in [-0.05, 0) is 24.3 Å². The summed E-state index contributed by atoms with van der Waals surface area (Å²) in [5.74, 6) is -0.0204. The molecule has 1 aliphatic rings. The Labute approximate surface area is 113 Å². The molecule has 0 N–H and O–H groups in total. The highest BCUT2D eigenvalue weighted by atomic mass is 35.5. The van der Waals surface area contributed by atoms with Crippen LogP contribution in [-0.4, -0.2) is 5.84 Å². The predicted octanol–water partition coefficient (Wildman–Crippen LogP) is 3.99. The Morgan fingerprint density at radius 3 is 2.47 bits per heavy atom. The van der Waals surface area contributed by atoms with Gasteiger partial charge in [0.1, 0.15) is 16.6 Å². The minimum Gasteiger partial charge on any atom is -0.206 e. The Hall–Kier alpha value is -2.11. The van der Waals surface area contributed by atoms with E-state index < -0.39 is 0 Å². The Bertz CT molecular complexity index is 667. The Kier molecular flexibility index (Phi) is 3.06. The molecule has 93 valence electrons. The van der Waals surface area contributed by atoms with Crippen LogP contribution >= 0.6 is 11.6 Å². The van der Waals surface area contributed by atoms with Gasteiger partial charge in [-0.1, -0.05) is 28.8 Å². The number of hydrogen-bond donors (Lipinski definition) is 0. The summed E-state index contributed by atoms with van der Waals surface area (Å²) in [7, 11) is 0. The second-order valence-corrected chi connectivity index (χ2v) is 4.31. The lowest BCUT2D eigenvalue weighted by Gasteiger charge is -2.01. The van der Waals surface area contributed by atoms with Crippen LogP contribution in [0.15, 0.2) is 64.1 Å². The molecular formula is C13H8ClFN4+. The van der Waals surface area contributed by atoms with Crippen LogP contribution in [0.3, 0.4) is 0 Å². The predicted molar refractivity (Wildman–Crippen MR) is 71.0 cm³/mol. The SMILES string of the molecule is Fc1ccccc1C1=NN=N[N+]1c1ccc(Cl)cc1. The van der Waals surface area contributed by atoms with Gasteiger partial charge in [0.25, 0.3) is 0 Å². The minimum atomic E-state index is -0.368. The van der Waals surface area contributed by atoms with Crippen molar-refractivity contribution in [2.75, 3.05) is 0 Å². The van der Waals surface area contributed by atoms with Crippen LogP contribution in [0.4, 0.5) is 10.1 Å². The molecule has 0 aromatic heterocycles. The molecule has 2 aromatic carbocycles. The average Bonchev–Trinajstić information content (AvgIpc) is 2.89. The first-order valence-corrected chi connectivity index (χ1v) is 5.93. The topological polar surface area (TPSA) is 43.0 Å². The molecule has 2 aromatic rings. The summed E-state index contributed by atoms with van der Waals surface area (Å²) in [6.07, 6.45) is 0. The van der Waals surface area contributed by atoms with Crippen LogP contribution in [0, 0.1) is 5.82 Å². The first-order valence-electron chi connectivity index (χ1n) is 5.55. The molecule has 6 heteroatoms. The lowest BCUT2D eigenvalue weighted by Crippen LogP contribution is -2.25. The van der Waals surface area contributed by atoms with E-state index in [1.165, 1.54) is 11.1 Å². The zero-order valence-corrected chi connectivity index (χ0v) is 10.4. The van der Waals surface area contributed by atoms with Gasteiger partial charge in [0, 0.05) is 22.4 Å². The maximum Gasteiger partial charge on any atom is 0.345 e. The monoisotopic (exact) mass is 274 g/mol. The largest absolute Gasteiger partial charge is 0.345 e. The second kappa shape index (κ2) is 4.87. The molecule has 0 aliphatic carbocycles.